The average molecular weight is 231 g/mol. The molecule has 14 heavy (non-hydrogen) atoms. The molecule has 0 radical (unpaired) electrons. The molecule has 0 N–H and O–H groups in total. The van der Waals surface area contributed by atoms with Crippen molar-refractivity contribution in [2.75, 3.05) is 0 Å². The third-order valence-corrected chi connectivity index (χ3v) is 1.84. The fourth-order valence-electron chi connectivity index (χ4n) is 1.01. The van der Waals surface area contributed by atoms with Crippen LogP contribution < -0.4 is 0 Å². The molecule has 0 fully saturated rings. The molecular formula is C9H8Cl2N2O. The summed E-state index contributed by atoms with van der Waals surface area (Å²) >= 11 is 5.53. The SMILES string of the molecule is Cl.ClCc1nc(-c2ccccc2)no1. The zero-order valence-electron chi connectivity index (χ0n) is 7.18. The second-order valence-electron chi connectivity index (χ2n) is 2.51. The van der Waals surface area contributed by atoms with Gasteiger partial charge in [-0.05, 0) is 0 Å². The number of aromatic nitrogens is 2. The van der Waals surface area contributed by atoms with Crippen molar-refractivity contribution in [2.24, 2.45) is 0 Å². The second-order valence-corrected chi connectivity index (χ2v) is 2.78. The maximum absolute atomic E-state index is 5.53. The van der Waals surface area contributed by atoms with Crippen molar-refractivity contribution >= 4 is 24.0 Å². The summed E-state index contributed by atoms with van der Waals surface area (Å²) in [6, 6.07) is 9.62. The molecule has 0 aliphatic rings. The number of benzene rings is 1. The van der Waals surface area contributed by atoms with Gasteiger partial charge in [0.05, 0.1) is 0 Å². The van der Waals surface area contributed by atoms with Crippen molar-refractivity contribution in [2.45, 2.75) is 5.88 Å². The van der Waals surface area contributed by atoms with Crippen LogP contribution in [0.1, 0.15) is 5.89 Å². The van der Waals surface area contributed by atoms with E-state index in [1.54, 1.807) is 0 Å². The summed E-state index contributed by atoms with van der Waals surface area (Å²) < 4.78 is 4.88. The Hall–Kier alpha value is -1.06. The zero-order chi connectivity index (χ0) is 9.10. The fourth-order valence-corrected chi connectivity index (χ4v) is 1.12. The normalized spacial score (nSPS) is 9.50. The molecule has 2 aromatic rings. The third kappa shape index (κ3) is 2.25. The number of halogens is 2. The van der Waals surface area contributed by atoms with E-state index >= 15 is 0 Å². The zero-order valence-corrected chi connectivity index (χ0v) is 8.76. The Balaban J connectivity index is 0.000000980. The van der Waals surface area contributed by atoms with E-state index in [0.717, 1.165) is 5.56 Å². The smallest absolute Gasteiger partial charge is 0.241 e. The molecule has 1 aromatic heterocycles. The highest BCUT2D eigenvalue weighted by Crippen LogP contribution is 2.15. The van der Waals surface area contributed by atoms with Gasteiger partial charge in [0.2, 0.25) is 11.7 Å². The van der Waals surface area contributed by atoms with Crippen LogP contribution in [0.25, 0.3) is 11.4 Å². The Morgan fingerprint density at radius 1 is 1.21 bits per heavy atom. The molecule has 0 spiro atoms. The fraction of sp³-hybridized carbons (Fsp3) is 0.111. The molecule has 1 aromatic carbocycles. The molecule has 0 saturated carbocycles. The summed E-state index contributed by atoms with van der Waals surface area (Å²) in [5.74, 6) is 1.27. The van der Waals surface area contributed by atoms with Gasteiger partial charge in [-0.3, -0.25) is 0 Å². The molecule has 1 heterocycles. The molecule has 0 unspecified atom stereocenters. The molecule has 0 amide bonds. The van der Waals surface area contributed by atoms with Gasteiger partial charge in [-0.25, -0.2) is 0 Å². The van der Waals surface area contributed by atoms with Gasteiger partial charge in [-0.2, -0.15) is 4.98 Å². The van der Waals surface area contributed by atoms with E-state index in [0.29, 0.717) is 11.7 Å². The van der Waals surface area contributed by atoms with Crippen molar-refractivity contribution in [3.05, 3.63) is 36.2 Å². The van der Waals surface area contributed by atoms with Crippen LogP contribution in [0.3, 0.4) is 0 Å². The summed E-state index contributed by atoms with van der Waals surface area (Å²) in [4.78, 5) is 4.09. The quantitative estimate of drug-likeness (QED) is 0.746. The van der Waals surface area contributed by atoms with Crippen LogP contribution >= 0.6 is 24.0 Å². The van der Waals surface area contributed by atoms with Crippen molar-refractivity contribution in [3.63, 3.8) is 0 Å². The molecule has 3 nitrogen and oxygen atoms in total. The minimum Gasteiger partial charge on any atom is -0.338 e. The van der Waals surface area contributed by atoms with Crippen LogP contribution in [-0.2, 0) is 5.88 Å². The first-order chi connectivity index (χ1) is 6.40. The molecule has 0 bridgehead atoms. The number of rotatable bonds is 2. The van der Waals surface area contributed by atoms with Gasteiger partial charge < -0.3 is 4.52 Å². The maximum Gasteiger partial charge on any atom is 0.241 e. The highest BCUT2D eigenvalue weighted by Gasteiger charge is 2.05. The monoisotopic (exact) mass is 230 g/mol. The highest BCUT2D eigenvalue weighted by atomic mass is 35.5. The molecular weight excluding hydrogens is 223 g/mol. The predicted molar refractivity (Wildman–Crippen MR) is 56.5 cm³/mol. The number of hydrogen-bond donors (Lipinski definition) is 0. The second kappa shape index (κ2) is 4.98. The van der Waals surface area contributed by atoms with E-state index < -0.39 is 0 Å². The van der Waals surface area contributed by atoms with E-state index in [2.05, 4.69) is 10.1 Å². The van der Waals surface area contributed by atoms with E-state index in [9.17, 15) is 0 Å². The van der Waals surface area contributed by atoms with Crippen LogP contribution in [-0.4, -0.2) is 10.1 Å². The van der Waals surface area contributed by atoms with Gasteiger partial charge in [-0.15, -0.1) is 24.0 Å². The minimum absolute atomic E-state index is 0. The minimum atomic E-state index is 0. The molecule has 2 rings (SSSR count). The van der Waals surface area contributed by atoms with Crippen molar-refractivity contribution in [3.8, 4) is 11.4 Å². The van der Waals surface area contributed by atoms with Crippen LogP contribution in [0.2, 0.25) is 0 Å². The molecule has 0 aliphatic heterocycles. The Labute approximate surface area is 92.5 Å². The van der Waals surface area contributed by atoms with Gasteiger partial charge >= 0.3 is 0 Å². The van der Waals surface area contributed by atoms with Gasteiger partial charge in [0.1, 0.15) is 5.88 Å². The Morgan fingerprint density at radius 2 is 1.93 bits per heavy atom. The molecule has 74 valence electrons. The predicted octanol–water partition coefficient (Wildman–Crippen LogP) is 2.90. The van der Waals surface area contributed by atoms with Gasteiger partial charge in [0.15, 0.2) is 0 Å². The average Bonchev–Trinajstić information content (AvgIpc) is 2.67. The Kier molecular flexibility index (Phi) is 3.92. The van der Waals surface area contributed by atoms with E-state index in [4.69, 9.17) is 16.1 Å². The van der Waals surface area contributed by atoms with Crippen LogP contribution in [0.4, 0.5) is 0 Å². The lowest BCUT2D eigenvalue weighted by atomic mass is 10.2. The summed E-state index contributed by atoms with van der Waals surface area (Å²) in [7, 11) is 0. The van der Waals surface area contributed by atoms with Crippen molar-refractivity contribution in [1.29, 1.82) is 0 Å². The highest BCUT2D eigenvalue weighted by molar-refractivity contribution is 6.16. The van der Waals surface area contributed by atoms with Gasteiger partial charge in [0.25, 0.3) is 0 Å². The lowest BCUT2D eigenvalue weighted by molar-refractivity contribution is 0.391. The molecule has 0 aliphatic carbocycles. The lowest BCUT2D eigenvalue weighted by Crippen LogP contribution is -1.80. The summed E-state index contributed by atoms with van der Waals surface area (Å²) in [6.45, 7) is 0. The number of hydrogen-bond acceptors (Lipinski definition) is 3. The first kappa shape index (κ1) is 11.0. The Morgan fingerprint density at radius 3 is 2.50 bits per heavy atom. The van der Waals surface area contributed by atoms with E-state index in [1.165, 1.54) is 0 Å². The van der Waals surface area contributed by atoms with Crippen LogP contribution in [0, 0.1) is 0 Å². The standard InChI is InChI=1S/C9H7ClN2O.ClH/c10-6-8-11-9(12-13-8)7-4-2-1-3-5-7;/h1-5H,6H2;1H. The molecule has 0 atom stereocenters. The van der Waals surface area contributed by atoms with Crippen LogP contribution in [0.15, 0.2) is 34.9 Å². The lowest BCUT2D eigenvalue weighted by Gasteiger charge is -1.89. The number of alkyl halides is 1. The maximum atomic E-state index is 5.53. The van der Waals surface area contributed by atoms with E-state index in [1.807, 2.05) is 30.3 Å². The first-order valence-electron chi connectivity index (χ1n) is 3.84. The van der Waals surface area contributed by atoms with Crippen LogP contribution in [0.5, 0.6) is 0 Å². The largest absolute Gasteiger partial charge is 0.338 e. The summed E-state index contributed by atoms with van der Waals surface area (Å²) in [6.07, 6.45) is 0. The van der Waals surface area contributed by atoms with Gasteiger partial charge in [-0.1, -0.05) is 35.5 Å². The first-order valence-corrected chi connectivity index (χ1v) is 4.37. The van der Waals surface area contributed by atoms with E-state index in [-0.39, 0.29) is 18.3 Å². The van der Waals surface area contributed by atoms with Crippen molar-refractivity contribution < 1.29 is 4.52 Å². The molecule has 0 saturated heterocycles. The summed E-state index contributed by atoms with van der Waals surface area (Å²) in [5.41, 5.74) is 0.933. The molecule has 5 heteroatoms. The third-order valence-electron chi connectivity index (χ3n) is 1.61. The van der Waals surface area contributed by atoms with Gasteiger partial charge in [0, 0.05) is 5.56 Å². The summed E-state index contributed by atoms with van der Waals surface area (Å²) in [5, 5.41) is 3.79. The Bertz CT molecular complexity index is 389. The number of nitrogens with zero attached hydrogens (tertiary/aromatic N) is 2. The topological polar surface area (TPSA) is 38.9 Å². The van der Waals surface area contributed by atoms with Crippen molar-refractivity contribution in [1.82, 2.24) is 10.1 Å².